The maximum Gasteiger partial charge on any atom is 0.305 e. The third-order valence-corrected chi connectivity index (χ3v) is 5.29. The third-order valence-electron chi connectivity index (χ3n) is 4.51. The average molecular weight is 379 g/mol. The van der Waals surface area contributed by atoms with Crippen molar-refractivity contribution in [1.82, 2.24) is 9.80 Å². The van der Waals surface area contributed by atoms with Crippen LogP contribution >= 0.6 is 11.8 Å². The third kappa shape index (κ3) is 3.68. The fourth-order valence-electron chi connectivity index (χ4n) is 3.16. The summed E-state index contributed by atoms with van der Waals surface area (Å²) in [4.78, 5) is 29.4. The lowest BCUT2D eigenvalue weighted by molar-refractivity contribution is -0.384. The standard InChI is InChI=1S/C16H21N5O4S/c17-16-20(9-11-26-16)15(23)12-2-1-3-13(14(12)21(24)25)19-6-4-18(5-7-19)8-10-22/h1-3,9,11,16,22H,4-8,10,17H2. The normalized spacial score (nSPS) is 20.6. The number of anilines is 1. The molecule has 1 saturated heterocycles. The van der Waals surface area contributed by atoms with Gasteiger partial charge in [-0.05, 0) is 17.5 Å². The first-order valence-corrected chi connectivity index (χ1v) is 9.23. The molecule has 2 aliphatic rings. The average Bonchev–Trinajstić information content (AvgIpc) is 3.07. The largest absolute Gasteiger partial charge is 0.395 e. The quantitative estimate of drug-likeness (QED) is 0.565. The second kappa shape index (κ2) is 8.04. The fraction of sp³-hybridized carbons (Fsp3) is 0.438. The molecule has 0 radical (unpaired) electrons. The van der Waals surface area contributed by atoms with Gasteiger partial charge in [-0.2, -0.15) is 0 Å². The number of hydrogen-bond acceptors (Lipinski definition) is 8. The van der Waals surface area contributed by atoms with Gasteiger partial charge in [-0.25, -0.2) is 0 Å². The highest BCUT2D eigenvalue weighted by molar-refractivity contribution is 8.02. The number of benzene rings is 1. The van der Waals surface area contributed by atoms with Gasteiger partial charge in [0, 0.05) is 38.9 Å². The molecule has 2 aliphatic heterocycles. The summed E-state index contributed by atoms with van der Waals surface area (Å²) in [6.07, 6.45) is 1.54. The van der Waals surface area contributed by atoms with Crippen molar-refractivity contribution >= 4 is 29.0 Å². The van der Waals surface area contributed by atoms with E-state index in [2.05, 4.69) is 4.90 Å². The van der Waals surface area contributed by atoms with E-state index in [1.807, 2.05) is 4.90 Å². The first-order chi connectivity index (χ1) is 12.5. The number of rotatable bonds is 5. The number of nitro groups is 1. The summed E-state index contributed by atoms with van der Waals surface area (Å²) in [6, 6.07) is 4.80. The summed E-state index contributed by atoms with van der Waals surface area (Å²) in [5, 5.41) is 22.5. The van der Waals surface area contributed by atoms with E-state index in [9.17, 15) is 14.9 Å². The molecule has 0 bridgehead atoms. The highest BCUT2D eigenvalue weighted by Crippen LogP contribution is 2.34. The van der Waals surface area contributed by atoms with Gasteiger partial charge >= 0.3 is 5.69 Å². The van der Waals surface area contributed by atoms with Crippen LogP contribution in [0.3, 0.4) is 0 Å². The molecule has 1 aromatic carbocycles. The Kier molecular flexibility index (Phi) is 5.77. The number of thioether (sulfide) groups is 1. The van der Waals surface area contributed by atoms with Crippen LogP contribution in [0.1, 0.15) is 10.4 Å². The number of carbonyl (C=O) groups excluding carboxylic acids is 1. The van der Waals surface area contributed by atoms with Gasteiger partial charge < -0.3 is 15.7 Å². The monoisotopic (exact) mass is 379 g/mol. The molecule has 0 spiro atoms. The summed E-state index contributed by atoms with van der Waals surface area (Å²) in [5.41, 5.74) is 5.58. The summed E-state index contributed by atoms with van der Waals surface area (Å²) < 4.78 is 0. The number of piperazine rings is 1. The second-order valence-electron chi connectivity index (χ2n) is 6.01. The molecule has 3 N–H and O–H groups in total. The summed E-state index contributed by atoms with van der Waals surface area (Å²) in [6.45, 7) is 3.27. The minimum Gasteiger partial charge on any atom is -0.395 e. The maximum atomic E-state index is 12.8. The number of carbonyl (C=O) groups is 1. The number of hydrogen-bond donors (Lipinski definition) is 2. The Labute approximate surface area is 155 Å². The molecule has 140 valence electrons. The van der Waals surface area contributed by atoms with Crippen LogP contribution < -0.4 is 10.6 Å². The minimum absolute atomic E-state index is 0.0351. The highest BCUT2D eigenvalue weighted by atomic mass is 32.2. The van der Waals surface area contributed by atoms with Crippen molar-refractivity contribution in [1.29, 1.82) is 0 Å². The predicted molar refractivity (Wildman–Crippen MR) is 99.7 cm³/mol. The number of nitro benzene ring substituents is 1. The number of nitrogens with two attached hydrogens (primary N) is 1. The summed E-state index contributed by atoms with van der Waals surface area (Å²) >= 11 is 1.28. The van der Waals surface area contributed by atoms with Crippen molar-refractivity contribution in [2.75, 3.05) is 44.2 Å². The topological polar surface area (TPSA) is 116 Å². The van der Waals surface area contributed by atoms with Crippen LogP contribution in [0.15, 0.2) is 29.8 Å². The fourth-order valence-corrected chi connectivity index (χ4v) is 3.82. The van der Waals surface area contributed by atoms with Crippen LogP contribution in [0.5, 0.6) is 0 Å². The van der Waals surface area contributed by atoms with Crippen molar-refractivity contribution in [3.8, 4) is 0 Å². The smallest absolute Gasteiger partial charge is 0.305 e. The first kappa shape index (κ1) is 18.6. The van der Waals surface area contributed by atoms with Gasteiger partial charge in [0.25, 0.3) is 5.91 Å². The number of amides is 1. The second-order valence-corrected chi connectivity index (χ2v) is 7.03. The molecule has 2 heterocycles. The van der Waals surface area contributed by atoms with Crippen LogP contribution in [0.4, 0.5) is 11.4 Å². The SMILES string of the molecule is NC1SC=CN1C(=O)c1cccc(N2CCN(CCO)CC2)c1[N+](=O)[O-]. The van der Waals surface area contributed by atoms with Gasteiger partial charge in [0.1, 0.15) is 16.7 Å². The van der Waals surface area contributed by atoms with Crippen molar-refractivity contribution in [3.63, 3.8) is 0 Å². The number of aliphatic hydroxyl groups is 1. The van der Waals surface area contributed by atoms with E-state index in [0.29, 0.717) is 38.4 Å². The molecule has 1 unspecified atom stereocenters. The van der Waals surface area contributed by atoms with Crippen molar-refractivity contribution < 1.29 is 14.8 Å². The highest BCUT2D eigenvalue weighted by Gasteiger charge is 2.33. The van der Waals surface area contributed by atoms with Crippen molar-refractivity contribution in [3.05, 3.63) is 45.5 Å². The zero-order chi connectivity index (χ0) is 18.7. The van der Waals surface area contributed by atoms with E-state index in [1.165, 1.54) is 22.7 Å². The Hall–Kier alpha value is -2.14. The van der Waals surface area contributed by atoms with Gasteiger partial charge in [-0.15, -0.1) is 0 Å². The molecule has 0 saturated carbocycles. The van der Waals surface area contributed by atoms with Crippen LogP contribution in [0.25, 0.3) is 0 Å². The summed E-state index contributed by atoms with van der Waals surface area (Å²) in [7, 11) is 0. The molecule has 3 rings (SSSR count). The lowest BCUT2D eigenvalue weighted by Crippen LogP contribution is -2.47. The predicted octanol–water partition coefficient (Wildman–Crippen LogP) is 0.612. The zero-order valence-electron chi connectivity index (χ0n) is 14.2. The van der Waals surface area contributed by atoms with E-state index in [0.717, 1.165) is 0 Å². The molecule has 1 fully saturated rings. The van der Waals surface area contributed by atoms with E-state index >= 15 is 0 Å². The number of aliphatic hydroxyl groups excluding tert-OH is 1. The Morgan fingerprint density at radius 3 is 2.65 bits per heavy atom. The van der Waals surface area contributed by atoms with Crippen LogP contribution in [-0.4, -0.2) is 70.6 Å². The molecular weight excluding hydrogens is 358 g/mol. The summed E-state index contributed by atoms with van der Waals surface area (Å²) in [5.74, 6) is -0.480. The zero-order valence-corrected chi connectivity index (χ0v) is 15.0. The lowest BCUT2D eigenvalue weighted by atomic mass is 10.1. The number of para-hydroxylation sites is 1. The van der Waals surface area contributed by atoms with Gasteiger partial charge in [0.05, 0.1) is 11.5 Å². The van der Waals surface area contributed by atoms with Crippen molar-refractivity contribution in [2.24, 2.45) is 5.73 Å². The van der Waals surface area contributed by atoms with E-state index < -0.39 is 16.3 Å². The lowest BCUT2D eigenvalue weighted by Gasteiger charge is -2.35. The van der Waals surface area contributed by atoms with Crippen molar-refractivity contribution in [2.45, 2.75) is 5.50 Å². The van der Waals surface area contributed by atoms with E-state index in [4.69, 9.17) is 10.8 Å². The molecule has 9 nitrogen and oxygen atoms in total. The van der Waals surface area contributed by atoms with E-state index in [-0.39, 0.29) is 17.9 Å². The Morgan fingerprint density at radius 2 is 2.08 bits per heavy atom. The minimum atomic E-state index is -0.576. The van der Waals surface area contributed by atoms with Gasteiger partial charge in [0.15, 0.2) is 0 Å². The molecule has 0 aromatic heterocycles. The number of nitrogens with zero attached hydrogens (tertiary/aromatic N) is 4. The molecule has 1 amide bonds. The maximum absolute atomic E-state index is 12.8. The molecular formula is C16H21N5O4S. The van der Waals surface area contributed by atoms with Crippen LogP contribution in [-0.2, 0) is 0 Å². The molecule has 1 atom stereocenters. The van der Waals surface area contributed by atoms with Crippen LogP contribution in [0.2, 0.25) is 0 Å². The van der Waals surface area contributed by atoms with Gasteiger partial charge in [0.2, 0.25) is 0 Å². The molecule has 1 aromatic rings. The Balaban J connectivity index is 1.89. The van der Waals surface area contributed by atoms with Gasteiger partial charge in [-0.1, -0.05) is 17.8 Å². The Bertz CT molecular complexity index is 721. The first-order valence-electron chi connectivity index (χ1n) is 8.29. The molecule has 10 heteroatoms. The van der Waals surface area contributed by atoms with Gasteiger partial charge in [-0.3, -0.25) is 24.7 Å². The van der Waals surface area contributed by atoms with E-state index in [1.54, 1.807) is 23.7 Å². The number of β-amino-alcohol motifs (C(OH)–C–C–N with tert-alkyl or cyclic N) is 1. The molecule has 26 heavy (non-hydrogen) atoms. The molecule has 0 aliphatic carbocycles. The Morgan fingerprint density at radius 1 is 1.35 bits per heavy atom. The van der Waals surface area contributed by atoms with Crippen LogP contribution in [0, 0.1) is 10.1 Å².